The van der Waals surface area contributed by atoms with Gasteiger partial charge in [-0.05, 0) is 36.7 Å². The average molecular weight is 300 g/mol. The van der Waals surface area contributed by atoms with Crippen molar-refractivity contribution in [3.8, 4) is 0 Å². The maximum Gasteiger partial charge on any atom is 0.0954 e. The first kappa shape index (κ1) is 15.3. The van der Waals surface area contributed by atoms with Crippen LogP contribution in [0.15, 0.2) is 5.38 Å². The van der Waals surface area contributed by atoms with Crippen LogP contribution in [0.5, 0.6) is 0 Å². The summed E-state index contributed by atoms with van der Waals surface area (Å²) in [7, 11) is 0. The molecule has 0 radical (unpaired) electrons. The van der Waals surface area contributed by atoms with Gasteiger partial charge in [0.2, 0.25) is 0 Å². The molecule has 19 heavy (non-hydrogen) atoms. The van der Waals surface area contributed by atoms with E-state index in [9.17, 15) is 5.11 Å². The molecule has 0 bridgehead atoms. The van der Waals surface area contributed by atoms with Crippen LogP contribution in [0.4, 0.5) is 0 Å². The second kappa shape index (κ2) is 6.59. The van der Waals surface area contributed by atoms with Gasteiger partial charge in [0.1, 0.15) is 0 Å². The lowest BCUT2D eigenvalue weighted by Gasteiger charge is -2.23. The summed E-state index contributed by atoms with van der Waals surface area (Å²) < 4.78 is 0. The first-order valence-corrected chi connectivity index (χ1v) is 9.19. The molecule has 2 rings (SSSR count). The van der Waals surface area contributed by atoms with Crippen molar-refractivity contribution in [2.45, 2.75) is 58.0 Å². The number of aliphatic hydroxyl groups is 1. The van der Waals surface area contributed by atoms with Crippen molar-refractivity contribution in [1.29, 1.82) is 0 Å². The van der Waals surface area contributed by atoms with Gasteiger partial charge in [0.05, 0.1) is 16.8 Å². The van der Waals surface area contributed by atoms with Gasteiger partial charge in [-0.25, -0.2) is 4.98 Å². The van der Waals surface area contributed by atoms with Gasteiger partial charge in [-0.1, -0.05) is 20.8 Å². The zero-order valence-electron chi connectivity index (χ0n) is 12.2. The fraction of sp³-hybridized carbons (Fsp3) is 0.800. The van der Waals surface area contributed by atoms with Crippen LogP contribution in [-0.4, -0.2) is 27.7 Å². The molecule has 1 unspecified atom stereocenters. The molecule has 0 spiro atoms. The van der Waals surface area contributed by atoms with Gasteiger partial charge in [0, 0.05) is 17.2 Å². The van der Waals surface area contributed by atoms with E-state index in [4.69, 9.17) is 0 Å². The Balaban J connectivity index is 1.84. The molecular weight excluding hydrogens is 274 g/mol. The second-order valence-corrected chi connectivity index (χ2v) is 8.69. The fourth-order valence-corrected chi connectivity index (χ4v) is 4.70. The molecule has 0 amide bonds. The molecule has 1 fully saturated rings. The predicted octanol–water partition coefficient (Wildman–Crippen LogP) is 3.88. The number of aromatic nitrogens is 1. The lowest BCUT2D eigenvalue weighted by molar-refractivity contribution is 0.139. The Morgan fingerprint density at radius 1 is 1.37 bits per heavy atom. The third-order valence-electron chi connectivity index (χ3n) is 3.68. The minimum Gasteiger partial charge on any atom is -0.393 e. The number of aliphatic hydroxyl groups excluding tert-OH is 1. The smallest absolute Gasteiger partial charge is 0.0954 e. The molecule has 108 valence electrons. The van der Waals surface area contributed by atoms with Gasteiger partial charge in [0.25, 0.3) is 0 Å². The summed E-state index contributed by atoms with van der Waals surface area (Å²) in [5.74, 6) is 3.25. The van der Waals surface area contributed by atoms with Crippen molar-refractivity contribution in [3.63, 3.8) is 0 Å². The molecule has 4 heteroatoms. The standard InChI is InChI=1S/C15H25NOS2/c1-15(2,3)13-10-19-14(16-13)9-12(17)8-11-4-6-18-7-5-11/h10-12,17H,4-9H2,1-3H3. The summed E-state index contributed by atoms with van der Waals surface area (Å²) >= 11 is 3.74. The Morgan fingerprint density at radius 2 is 2.05 bits per heavy atom. The zero-order chi connectivity index (χ0) is 13.9. The molecule has 2 nitrogen and oxygen atoms in total. The van der Waals surface area contributed by atoms with Crippen molar-refractivity contribution in [2.75, 3.05) is 11.5 Å². The van der Waals surface area contributed by atoms with Crippen molar-refractivity contribution in [2.24, 2.45) is 5.92 Å². The Morgan fingerprint density at radius 3 is 2.63 bits per heavy atom. The van der Waals surface area contributed by atoms with Crippen LogP contribution in [0, 0.1) is 5.92 Å². The molecule has 1 saturated heterocycles. The van der Waals surface area contributed by atoms with Crippen LogP contribution in [0.25, 0.3) is 0 Å². The van der Waals surface area contributed by atoms with Crippen LogP contribution in [-0.2, 0) is 11.8 Å². The van der Waals surface area contributed by atoms with Gasteiger partial charge in [-0.2, -0.15) is 11.8 Å². The minimum atomic E-state index is -0.216. The predicted molar refractivity (Wildman–Crippen MR) is 85.2 cm³/mol. The molecule has 1 aliphatic rings. The SMILES string of the molecule is CC(C)(C)c1csc(CC(O)CC2CCSCC2)n1. The number of nitrogens with zero attached hydrogens (tertiary/aromatic N) is 1. The highest BCUT2D eigenvalue weighted by Gasteiger charge is 2.21. The molecule has 0 saturated carbocycles. The summed E-state index contributed by atoms with van der Waals surface area (Å²) in [6.45, 7) is 6.55. The molecular formula is C15H25NOS2. The van der Waals surface area contributed by atoms with Crippen molar-refractivity contribution in [1.82, 2.24) is 4.98 Å². The molecule has 1 aliphatic heterocycles. The van der Waals surface area contributed by atoms with E-state index in [2.05, 4.69) is 31.1 Å². The van der Waals surface area contributed by atoms with Crippen LogP contribution in [0.1, 0.15) is 50.7 Å². The number of thioether (sulfide) groups is 1. The lowest BCUT2D eigenvalue weighted by Crippen LogP contribution is -2.19. The van der Waals surface area contributed by atoms with E-state index in [0.29, 0.717) is 0 Å². The number of thiazole rings is 1. The first-order chi connectivity index (χ1) is 8.95. The van der Waals surface area contributed by atoms with Crippen LogP contribution in [0.3, 0.4) is 0 Å². The molecule has 2 heterocycles. The van der Waals surface area contributed by atoms with Crippen LogP contribution < -0.4 is 0 Å². The minimum absolute atomic E-state index is 0.111. The van der Waals surface area contributed by atoms with E-state index in [0.717, 1.165) is 29.5 Å². The summed E-state index contributed by atoms with van der Waals surface area (Å²) in [4.78, 5) is 4.67. The first-order valence-electron chi connectivity index (χ1n) is 7.16. The van der Waals surface area contributed by atoms with E-state index in [1.807, 2.05) is 11.8 Å². The maximum atomic E-state index is 10.2. The van der Waals surface area contributed by atoms with Gasteiger partial charge in [-0.15, -0.1) is 11.3 Å². The molecule has 1 aromatic rings. The highest BCUT2D eigenvalue weighted by atomic mass is 32.2. The molecule has 1 atom stereocenters. The Kier molecular flexibility index (Phi) is 5.32. The fourth-order valence-electron chi connectivity index (χ4n) is 2.40. The number of hydrogen-bond donors (Lipinski definition) is 1. The van der Waals surface area contributed by atoms with E-state index >= 15 is 0 Å². The summed E-state index contributed by atoms with van der Waals surface area (Å²) in [6.07, 6.45) is 4.00. The highest BCUT2D eigenvalue weighted by molar-refractivity contribution is 7.99. The lowest BCUT2D eigenvalue weighted by atomic mass is 9.93. The van der Waals surface area contributed by atoms with Crippen molar-refractivity contribution < 1.29 is 5.11 Å². The molecule has 1 aromatic heterocycles. The number of hydrogen-bond acceptors (Lipinski definition) is 4. The molecule has 1 N–H and O–H groups in total. The highest BCUT2D eigenvalue weighted by Crippen LogP contribution is 2.28. The molecule has 0 aliphatic carbocycles. The maximum absolute atomic E-state index is 10.2. The summed E-state index contributed by atoms with van der Waals surface area (Å²) in [5, 5.41) is 13.5. The van der Waals surface area contributed by atoms with Crippen molar-refractivity contribution >= 4 is 23.1 Å². The van der Waals surface area contributed by atoms with Crippen LogP contribution in [0.2, 0.25) is 0 Å². The second-order valence-electron chi connectivity index (χ2n) is 6.53. The largest absolute Gasteiger partial charge is 0.393 e. The zero-order valence-corrected chi connectivity index (χ0v) is 13.8. The van der Waals surface area contributed by atoms with Gasteiger partial charge >= 0.3 is 0 Å². The topological polar surface area (TPSA) is 33.1 Å². The van der Waals surface area contributed by atoms with E-state index in [1.165, 1.54) is 24.3 Å². The summed E-state index contributed by atoms with van der Waals surface area (Å²) in [5.41, 5.74) is 1.26. The number of rotatable bonds is 4. The van der Waals surface area contributed by atoms with Crippen molar-refractivity contribution in [3.05, 3.63) is 16.1 Å². The normalized spacial score (nSPS) is 19.6. The van der Waals surface area contributed by atoms with Crippen LogP contribution >= 0.6 is 23.1 Å². The van der Waals surface area contributed by atoms with Gasteiger partial charge < -0.3 is 5.11 Å². The Bertz CT molecular complexity index is 391. The monoisotopic (exact) mass is 299 g/mol. The Labute approximate surface area is 125 Å². The molecule has 0 aromatic carbocycles. The van der Waals surface area contributed by atoms with E-state index < -0.39 is 0 Å². The van der Waals surface area contributed by atoms with E-state index in [-0.39, 0.29) is 11.5 Å². The third-order valence-corrected chi connectivity index (χ3v) is 5.60. The van der Waals surface area contributed by atoms with Gasteiger partial charge in [-0.3, -0.25) is 0 Å². The van der Waals surface area contributed by atoms with E-state index in [1.54, 1.807) is 11.3 Å². The average Bonchev–Trinajstić information content (AvgIpc) is 2.78. The quantitative estimate of drug-likeness (QED) is 0.916. The third kappa shape index (κ3) is 4.76. The Hall–Kier alpha value is -0.0600. The van der Waals surface area contributed by atoms with Gasteiger partial charge in [0.15, 0.2) is 0 Å². The summed E-state index contributed by atoms with van der Waals surface area (Å²) in [6, 6.07) is 0.